The van der Waals surface area contributed by atoms with E-state index in [1.807, 2.05) is 4.90 Å². The molecule has 0 spiro atoms. The van der Waals surface area contributed by atoms with Crippen molar-refractivity contribution in [1.29, 1.82) is 0 Å². The van der Waals surface area contributed by atoms with Gasteiger partial charge in [0.05, 0.1) is 4.92 Å². The molecular formula is C19H25N3O3. The maximum atomic E-state index is 12.6. The molecule has 6 heteroatoms. The first kappa shape index (κ1) is 16.4. The first-order valence-corrected chi connectivity index (χ1v) is 9.37. The molecule has 0 N–H and O–H groups in total. The van der Waals surface area contributed by atoms with Crippen LogP contribution in [0.2, 0.25) is 0 Å². The number of carbonyl (C=O) groups is 1. The van der Waals surface area contributed by atoms with Gasteiger partial charge in [0.15, 0.2) is 0 Å². The number of hydrogen-bond donors (Lipinski definition) is 0. The Bertz CT molecular complexity index is 652. The minimum absolute atomic E-state index is 0.114. The van der Waals surface area contributed by atoms with E-state index in [0.29, 0.717) is 11.8 Å². The second-order valence-corrected chi connectivity index (χ2v) is 7.78. The predicted octanol–water partition coefficient (Wildman–Crippen LogP) is 3.07. The molecule has 0 aromatic heterocycles. The summed E-state index contributed by atoms with van der Waals surface area (Å²) in [7, 11) is 0. The summed E-state index contributed by atoms with van der Waals surface area (Å²) in [5, 5.41) is 10.7. The smallest absolute Gasteiger partial charge is 0.269 e. The summed E-state index contributed by atoms with van der Waals surface area (Å²) in [6.07, 6.45) is 6.06. The fraction of sp³-hybridized carbons (Fsp3) is 0.632. The molecule has 1 heterocycles. The molecule has 2 aliphatic carbocycles. The van der Waals surface area contributed by atoms with Crippen molar-refractivity contribution >= 4 is 17.3 Å². The van der Waals surface area contributed by atoms with E-state index in [4.69, 9.17) is 0 Å². The number of carbonyl (C=O) groups excluding carboxylic acids is 1. The molecule has 1 amide bonds. The van der Waals surface area contributed by atoms with Gasteiger partial charge in [0.1, 0.15) is 0 Å². The summed E-state index contributed by atoms with van der Waals surface area (Å²) < 4.78 is 0. The first-order chi connectivity index (χ1) is 12.1. The van der Waals surface area contributed by atoms with E-state index in [-0.39, 0.29) is 10.6 Å². The van der Waals surface area contributed by atoms with Gasteiger partial charge in [-0.05, 0) is 49.1 Å². The zero-order valence-electron chi connectivity index (χ0n) is 14.5. The molecule has 134 valence electrons. The number of fused-ring (bicyclic) bond motifs is 2. The second kappa shape index (κ2) is 6.65. The van der Waals surface area contributed by atoms with E-state index in [1.165, 1.54) is 25.7 Å². The second-order valence-electron chi connectivity index (χ2n) is 7.78. The Labute approximate surface area is 147 Å². The maximum Gasteiger partial charge on any atom is 0.269 e. The molecule has 0 unspecified atom stereocenters. The van der Waals surface area contributed by atoms with Crippen molar-refractivity contribution in [1.82, 2.24) is 4.90 Å². The fourth-order valence-corrected chi connectivity index (χ4v) is 4.98. The summed E-state index contributed by atoms with van der Waals surface area (Å²) >= 11 is 0. The van der Waals surface area contributed by atoms with Crippen LogP contribution in [-0.4, -0.2) is 41.9 Å². The molecule has 1 aromatic carbocycles. The number of nitro benzene ring substituents is 1. The minimum atomic E-state index is -0.379. The molecular weight excluding hydrogens is 318 g/mol. The van der Waals surface area contributed by atoms with Crippen LogP contribution in [0.3, 0.4) is 0 Å². The summed E-state index contributed by atoms with van der Waals surface area (Å²) in [5.74, 6) is 2.64. The molecule has 3 aliphatic rings. The van der Waals surface area contributed by atoms with Gasteiger partial charge in [0.2, 0.25) is 5.91 Å². The van der Waals surface area contributed by atoms with Crippen molar-refractivity contribution in [2.45, 2.75) is 32.1 Å². The van der Waals surface area contributed by atoms with Crippen LogP contribution in [0.1, 0.15) is 32.1 Å². The van der Waals surface area contributed by atoms with E-state index < -0.39 is 0 Å². The van der Waals surface area contributed by atoms with Gasteiger partial charge in [-0.2, -0.15) is 0 Å². The zero-order valence-corrected chi connectivity index (χ0v) is 14.5. The third-order valence-corrected chi connectivity index (χ3v) is 6.38. The molecule has 25 heavy (non-hydrogen) atoms. The van der Waals surface area contributed by atoms with Crippen LogP contribution >= 0.6 is 0 Å². The number of amides is 1. The molecule has 0 radical (unpaired) electrons. The Morgan fingerprint density at radius 2 is 1.80 bits per heavy atom. The molecule has 1 aliphatic heterocycles. The van der Waals surface area contributed by atoms with Gasteiger partial charge in [-0.15, -0.1) is 0 Å². The maximum absolute atomic E-state index is 12.6. The lowest BCUT2D eigenvalue weighted by Crippen LogP contribution is -2.49. The normalized spacial score (nSPS) is 28.4. The Morgan fingerprint density at radius 1 is 1.08 bits per heavy atom. The van der Waals surface area contributed by atoms with Crippen LogP contribution < -0.4 is 4.90 Å². The Kier molecular flexibility index (Phi) is 4.36. The van der Waals surface area contributed by atoms with Crippen molar-refractivity contribution in [2.24, 2.45) is 17.8 Å². The van der Waals surface area contributed by atoms with Crippen LogP contribution in [0.4, 0.5) is 11.4 Å². The molecule has 2 saturated carbocycles. The lowest BCUT2D eigenvalue weighted by molar-refractivity contribution is -0.384. The number of nitro groups is 1. The van der Waals surface area contributed by atoms with Crippen molar-refractivity contribution < 1.29 is 9.72 Å². The number of anilines is 1. The van der Waals surface area contributed by atoms with E-state index >= 15 is 0 Å². The van der Waals surface area contributed by atoms with Gasteiger partial charge in [-0.25, -0.2) is 0 Å². The molecule has 1 aromatic rings. The highest BCUT2D eigenvalue weighted by Crippen LogP contribution is 2.49. The fourth-order valence-electron chi connectivity index (χ4n) is 4.98. The van der Waals surface area contributed by atoms with Crippen LogP contribution in [0.25, 0.3) is 0 Å². The van der Waals surface area contributed by atoms with Gasteiger partial charge in [0, 0.05) is 50.4 Å². The SMILES string of the molecule is O=C(C[C@@H]1C[C@@H]2CC[C@@H]1C2)N1CCN(c2ccc([N+](=O)[O-])cc2)CC1. The van der Waals surface area contributed by atoms with Crippen LogP contribution in [0, 0.1) is 27.9 Å². The van der Waals surface area contributed by atoms with E-state index in [9.17, 15) is 14.9 Å². The van der Waals surface area contributed by atoms with Crippen LogP contribution in [0.15, 0.2) is 24.3 Å². The summed E-state index contributed by atoms with van der Waals surface area (Å²) in [4.78, 5) is 27.2. The topological polar surface area (TPSA) is 66.7 Å². The number of nitrogens with zero attached hydrogens (tertiary/aromatic N) is 3. The third kappa shape index (κ3) is 3.34. The Balaban J connectivity index is 1.29. The highest BCUT2D eigenvalue weighted by atomic mass is 16.6. The Hall–Kier alpha value is -2.11. The highest BCUT2D eigenvalue weighted by molar-refractivity contribution is 5.77. The average molecular weight is 343 g/mol. The highest BCUT2D eigenvalue weighted by Gasteiger charge is 2.40. The lowest BCUT2D eigenvalue weighted by Gasteiger charge is -2.37. The van der Waals surface area contributed by atoms with Gasteiger partial charge >= 0.3 is 0 Å². The number of non-ortho nitro benzene ring substituents is 1. The van der Waals surface area contributed by atoms with Crippen molar-refractivity contribution in [2.75, 3.05) is 31.1 Å². The Morgan fingerprint density at radius 3 is 2.36 bits per heavy atom. The monoisotopic (exact) mass is 343 g/mol. The van der Waals surface area contributed by atoms with Crippen LogP contribution in [-0.2, 0) is 4.79 Å². The van der Waals surface area contributed by atoms with Crippen LogP contribution in [0.5, 0.6) is 0 Å². The summed E-state index contributed by atoms with van der Waals surface area (Å²) in [6, 6.07) is 6.68. The van der Waals surface area contributed by atoms with Gasteiger partial charge in [-0.1, -0.05) is 6.42 Å². The van der Waals surface area contributed by atoms with E-state index in [2.05, 4.69) is 4.90 Å². The van der Waals surface area contributed by atoms with E-state index in [1.54, 1.807) is 24.3 Å². The minimum Gasteiger partial charge on any atom is -0.368 e. The predicted molar refractivity (Wildman–Crippen MR) is 95.4 cm³/mol. The molecule has 1 saturated heterocycles. The van der Waals surface area contributed by atoms with E-state index in [0.717, 1.165) is 50.1 Å². The molecule has 4 rings (SSSR count). The number of rotatable bonds is 4. The zero-order chi connectivity index (χ0) is 17.4. The molecule has 2 bridgehead atoms. The largest absolute Gasteiger partial charge is 0.368 e. The molecule has 6 nitrogen and oxygen atoms in total. The molecule has 3 atom stereocenters. The van der Waals surface area contributed by atoms with Crippen molar-refractivity contribution in [3.8, 4) is 0 Å². The first-order valence-electron chi connectivity index (χ1n) is 9.37. The number of hydrogen-bond acceptors (Lipinski definition) is 4. The van der Waals surface area contributed by atoms with Gasteiger partial charge in [-0.3, -0.25) is 14.9 Å². The third-order valence-electron chi connectivity index (χ3n) is 6.38. The summed E-state index contributed by atoms with van der Waals surface area (Å²) in [5.41, 5.74) is 1.11. The van der Waals surface area contributed by atoms with Crippen molar-refractivity contribution in [3.63, 3.8) is 0 Å². The lowest BCUT2D eigenvalue weighted by atomic mass is 9.86. The van der Waals surface area contributed by atoms with Gasteiger partial charge < -0.3 is 9.80 Å². The number of benzene rings is 1. The number of piperazine rings is 1. The van der Waals surface area contributed by atoms with Crippen molar-refractivity contribution in [3.05, 3.63) is 34.4 Å². The standard InChI is InChI=1S/C19H25N3O3/c23-19(13-16-12-14-1-2-15(16)11-14)21-9-7-20(8-10-21)17-3-5-18(6-4-17)22(24)25/h3-6,14-16H,1-2,7-13H2/t14-,15-,16+/m1/s1. The quantitative estimate of drug-likeness (QED) is 0.622. The summed E-state index contributed by atoms with van der Waals surface area (Å²) in [6.45, 7) is 3.08. The average Bonchev–Trinajstić information content (AvgIpc) is 3.25. The molecule has 3 fully saturated rings. The van der Waals surface area contributed by atoms with Gasteiger partial charge in [0.25, 0.3) is 5.69 Å².